The van der Waals surface area contributed by atoms with E-state index in [-0.39, 0.29) is 5.76 Å². The van der Waals surface area contributed by atoms with E-state index in [9.17, 15) is 5.11 Å². The molecule has 0 spiro atoms. The van der Waals surface area contributed by atoms with Crippen molar-refractivity contribution >= 4 is 25.2 Å². The number of hydrogen-bond donors (Lipinski definition) is 1. The maximum atomic E-state index is 10.1. The van der Waals surface area contributed by atoms with Gasteiger partial charge >= 0.3 is 0 Å². The molecule has 1 aromatic carbocycles. The molecule has 1 aromatic heterocycles. The molecule has 0 aliphatic heterocycles. The number of nitrogens with zero attached hydrogens (tertiary/aromatic N) is 1. The molecule has 1 N–H and O–H groups in total. The average molecular weight is 270 g/mol. The lowest BCUT2D eigenvalue weighted by Gasteiger charge is -2.14. The van der Waals surface area contributed by atoms with E-state index < -0.39 is 8.07 Å². The van der Waals surface area contributed by atoms with E-state index >= 15 is 0 Å². The van der Waals surface area contributed by atoms with Crippen LogP contribution < -0.4 is 9.75 Å². The SMILES string of the molecule is C[Si](C)(C)c1cc[n+](/C=C(/O)c2ccccc2)cc1. The summed E-state index contributed by atoms with van der Waals surface area (Å²) in [6, 6.07) is 13.8. The van der Waals surface area contributed by atoms with Gasteiger partial charge in [0.15, 0.2) is 18.2 Å². The minimum absolute atomic E-state index is 0.270. The third kappa shape index (κ3) is 3.55. The van der Waals surface area contributed by atoms with Gasteiger partial charge in [-0.25, -0.2) is 0 Å². The van der Waals surface area contributed by atoms with Crippen LogP contribution in [0, 0.1) is 0 Å². The summed E-state index contributed by atoms with van der Waals surface area (Å²) in [6.45, 7) is 6.97. The molecule has 19 heavy (non-hydrogen) atoms. The highest BCUT2D eigenvalue weighted by Gasteiger charge is 2.17. The summed E-state index contributed by atoms with van der Waals surface area (Å²) >= 11 is 0. The Balaban J connectivity index is 2.24. The lowest BCUT2D eigenvalue weighted by atomic mass is 10.2. The van der Waals surface area contributed by atoms with Crippen LogP contribution in [0.1, 0.15) is 5.56 Å². The molecule has 0 radical (unpaired) electrons. The second-order valence-electron chi connectivity index (χ2n) is 5.66. The number of hydrogen-bond acceptors (Lipinski definition) is 1. The Hall–Kier alpha value is -1.87. The van der Waals surface area contributed by atoms with Crippen LogP contribution in [0.15, 0.2) is 54.9 Å². The third-order valence-corrected chi connectivity index (χ3v) is 5.12. The van der Waals surface area contributed by atoms with Crippen LogP contribution in [0.25, 0.3) is 12.0 Å². The number of pyridine rings is 1. The zero-order chi connectivity index (χ0) is 13.9. The quantitative estimate of drug-likeness (QED) is 0.517. The topological polar surface area (TPSA) is 24.1 Å². The zero-order valence-corrected chi connectivity index (χ0v) is 12.7. The minimum atomic E-state index is -1.26. The second-order valence-corrected chi connectivity index (χ2v) is 10.7. The normalized spacial score (nSPS) is 12.5. The van der Waals surface area contributed by atoms with Crippen molar-refractivity contribution in [2.75, 3.05) is 0 Å². The molecule has 0 atom stereocenters. The molecule has 0 fully saturated rings. The van der Waals surface area contributed by atoms with Gasteiger partial charge < -0.3 is 5.11 Å². The molecule has 2 aromatic rings. The molecule has 1 heterocycles. The van der Waals surface area contributed by atoms with E-state index in [0.717, 1.165) is 5.56 Å². The fraction of sp³-hybridized carbons (Fsp3) is 0.188. The molecule has 0 unspecified atom stereocenters. The summed E-state index contributed by atoms with van der Waals surface area (Å²) in [4.78, 5) is 0. The lowest BCUT2D eigenvalue weighted by molar-refractivity contribution is -0.568. The molecule has 2 rings (SSSR count). The first-order chi connectivity index (χ1) is 8.97. The van der Waals surface area contributed by atoms with Crippen molar-refractivity contribution in [2.24, 2.45) is 0 Å². The molecule has 0 amide bonds. The second kappa shape index (κ2) is 5.41. The van der Waals surface area contributed by atoms with Crippen molar-refractivity contribution in [3.8, 4) is 0 Å². The Labute approximate surface area is 115 Å². The van der Waals surface area contributed by atoms with Crippen molar-refractivity contribution in [3.63, 3.8) is 0 Å². The van der Waals surface area contributed by atoms with Gasteiger partial charge in [-0.1, -0.05) is 50.0 Å². The fourth-order valence-electron chi connectivity index (χ4n) is 1.85. The van der Waals surface area contributed by atoms with Crippen molar-refractivity contribution in [2.45, 2.75) is 19.6 Å². The molecule has 0 aliphatic rings. The first-order valence-corrected chi connectivity index (χ1v) is 9.94. The highest BCUT2D eigenvalue weighted by molar-refractivity contribution is 6.88. The summed E-state index contributed by atoms with van der Waals surface area (Å²) in [5.41, 5.74) is 0.823. The van der Waals surface area contributed by atoms with Crippen molar-refractivity contribution in [1.82, 2.24) is 0 Å². The summed E-state index contributed by atoms with van der Waals surface area (Å²) in [6.07, 6.45) is 5.71. The van der Waals surface area contributed by atoms with Gasteiger partial charge in [0, 0.05) is 17.7 Å². The Kier molecular flexibility index (Phi) is 3.86. The summed E-state index contributed by atoms with van der Waals surface area (Å²) in [7, 11) is -1.26. The van der Waals surface area contributed by atoms with Gasteiger partial charge in [0.2, 0.25) is 6.20 Å². The maximum absolute atomic E-state index is 10.1. The van der Waals surface area contributed by atoms with E-state index in [1.165, 1.54) is 5.19 Å². The predicted octanol–water partition coefficient (Wildman–Crippen LogP) is 3.03. The highest BCUT2D eigenvalue weighted by atomic mass is 28.3. The zero-order valence-electron chi connectivity index (χ0n) is 11.7. The summed E-state index contributed by atoms with van der Waals surface area (Å²) < 4.78 is 1.88. The third-order valence-electron chi connectivity index (χ3n) is 3.06. The van der Waals surface area contributed by atoms with E-state index in [1.54, 1.807) is 6.20 Å². The van der Waals surface area contributed by atoms with Crippen LogP contribution in [0.5, 0.6) is 0 Å². The molecule has 0 saturated carbocycles. The van der Waals surface area contributed by atoms with Crippen LogP contribution in [0.4, 0.5) is 0 Å². The lowest BCUT2D eigenvalue weighted by Crippen LogP contribution is -2.40. The number of rotatable bonds is 3. The monoisotopic (exact) mass is 270 g/mol. The van der Waals surface area contributed by atoms with Crippen molar-refractivity contribution in [1.29, 1.82) is 0 Å². The van der Waals surface area contributed by atoms with Crippen LogP contribution in [0.3, 0.4) is 0 Å². The average Bonchev–Trinajstić information content (AvgIpc) is 2.39. The van der Waals surface area contributed by atoms with Crippen LogP contribution in [0.2, 0.25) is 19.6 Å². The van der Waals surface area contributed by atoms with Gasteiger partial charge in [0.25, 0.3) is 0 Å². The molecular formula is C16H20NOSi+. The largest absolute Gasteiger partial charge is 0.502 e. The Morgan fingerprint density at radius 1 is 1.00 bits per heavy atom. The summed E-state index contributed by atoms with van der Waals surface area (Å²) in [5.74, 6) is 0.270. The molecule has 0 aliphatic carbocycles. The molecule has 2 nitrogen and oxygen atoms in total. The van der Waals surface area contributed by atoms with Crippen LogP contribution in [-0.4, -0.2) is 13.2 Å². The Morgan fingerprint density at radius 2 is 1.58 bits per heavy atom. The van der Waals surface area contributed by atoms with Crippen LogP contribution >= 0.6 is 0 Å². The van der Waals surface area contributed by atoms with Gasteiger partial charge in [-0.3, -0.25) is 0 Å². The predicted molar refractivity (Wildman–Crippen MR) is 82.9 cm³/mol. The first kappa shape index (κ1) is 13.6. The highest BCUT2D eigenvalue weighted by Crippen LogP contribution is 2.09. The molecule has 98 valence electrons. The summed E-state index contributed by atoms with van der Waals surface area (Å²) in [5, 5.41) is 11.5. The number of aliphatic hydroxyl groups excluding tert-OH is 1. The fourth-order valence-corrected chi connectivity index (χ4v) is 3.00. The van der Waals surface area contributed by atoms with E-state index in [1.807, 2.05) is 47.3 Å². The maximum Gasteiger partial charge on any atom is 0.216 e. The van der Waals surface area contributed by atoms with Gasteiger partial charge in [0.1, 0.15) is 0 Å². The Bertz CT molecular complexity index is 568. The first-order valence-electron chi connectivity index (χ1n) is 6.44. The molecule has 3 heteroatoms. The van der Waals surface area contributed by atoms with Crippen LogP contribution in [-0.2, 0) is 0 Å². The Morgan fingerprint density at radius 3 is 2.11 bits per heavy atom. The standard InChI is InChI=1S/C16H19NOSi/c1-19(2,3)15-9-11-17(12-10-15)13-16(18)14-7-5-4-6-8-14/h4-13H,1-3H3/p+1/b16-13+. The van der Waals surface area contributed by atoms with Crippen molar-refractivity contribution in [3.05, 3.63) is 60.4 Å². The van der Waals surface area contributed by atoms with Gasteiger partial charge in [-0.15, -0.1) is 0 Å². The molecular weight excluding hydrogens is 250 g/mol. The van der Waals surface area contributed by atoms with E-state index in [2.05, 4.69) is 31.8 Å². The van der Waals surface area contributed by atoms with Gasteiger partial charge in [-0.05, 0) is 5.19 Å². The van der Waals surface area contributed by atoms with E-state index in [4.69, 9.17) is 0 Å². The van der Waals surface area contributed by atoms with Gasteiger partial charge in [-0.2, -0.15) is 4.57 Å². The van der Waals surface area contributed by atoms with Crippen molar-refractivity contribution < 1.29 is 9.67 Å². The van der Waals surface area contributed by atoms with E-state index in [0.29, 0.717) is 0 Å². The number of aliphatic hydroxyl groups is 1. The van der Waals surface area contributed by atoms with Gasteiger partial charge in [0.05, 0.1) is 8.07 Å². The molecule has 0 bridgehead atoms. The number of benzene rings is 1. The number of aromatic nitrogens is 1. The smallest absolute Gasteiger partial charge is 0.216 e. The molecule has 0 saturated heterocycles. The minimum Gasteiger partial charge on any atom is -0.502 e.